The number of terminal acetylenes is 1. The summed E-state index contributed by atoms with van der Waals surface area (Å²) < 4.78 is 52.3. The van der Waals surface area contributed by atoms with Crippen LogP contribution < -0.4 is 9.94 Å². The van der Waals surface area contributed by atoms with Gasteiger partial charge in [-0.3, -0.25) is 4.79 Å². The lowest BCUT2D eigenvalue weighted by atomic mass is 10.2. The summed E-state index contributed by atoms with van der Waals surface area (Å²) in [5, 5.41) is 5.20. The highest BCUT2D eigenvalue weighted by Gasteiger charge is 2.27. The van der Waals surface area contributed by atoms with Crippen LogP contribution in [0.15, 0.2) is 57.2 Å². The highest BCUT2D eigenvalue weighted by atomic mass is 32.2. The molecular weight excluding hydrogens is 484 g/mol. The first-order valence-corrected chi connectivity index (χ1v) is 13.7. The first-order valence-electron chi connectivity index (χ1n) is 9.90. The van der Waals surface area contributed by atoms with E-state index in [2.05, 4.69) is 10.9 Å². The van der Waals surface area contributed by atoms with Gasteiger partial charge in [0.05, 0.1) is 26.6 Å². The number of nitrogens with zero attached hydrogens (tertiary/aromatic N) is 3. The summed E-state index contributed by atoms with van der Waals surface area (Å²) in [6, 6.07) is 9.97. The van der Waals surface area contributed by atoms with Crippen molar-refractivity contribution in [1.29, 1.82) is 0 Å². The number of sulfonamides is 2. The molecule has 0 saturated carbocycles. The smallest absolute Gasteiger partial charge is 0.279 e. The van der Waals surface area contributed by atoms with Gasteiger partial charge in [0.2, 0.25) is 20.0 Å². The molecule has 1 aliphatic heterocycles. The SMILES string of the molecule is C#CCn1c(=NC(=O)c2ccc(S(=O)(=O)N3CCCC3)cc2)sc2cc(S(N)(=O)=O)ccc21. The van der Waals surface area contributed by atoms with Crippen LogP contribution in [-0.2, 0) is 26.6 Å². The quantitative estimate of drug-likeness (QED) is 0.526. The number of nitrogens with two attached hydrogens (primary N) is 1. The van der Waals surface area contributed by atoms with Crippen molar-refractivity contribution in [1.82, 2.24) is 8.87 Å². The van der Waals surface area contributed by atoms with Crippen molar-refractivity contribution in [3.8, 4) is 12.3 Å². The predicted octanol–water partition coefficient (Wildman–Crippen LogP) is 1.51. The molecule has 33 heavy (non-hydrogen) atoms. The molecule has 12 heteroatoms. The minimum Gasteiger partial charge on any atom is -0.305 e. The van der Waals surface area contributed by atoms with Crippen LogP contribution in [-0.4, -0.2) is 44.7 Å². The summed E-state index contributed by atoms with van der Waals surface area (Å²) in [4.78, 5) is 17.3. The summed E-state index contributed by atoms with van der Waals surface area (Å²) in [6.07, 6.45) is 7.13. The third-order valence-corrected chi connectivity index (χ3v) is 9.10. The standard InChI is InChI=1S/C21H20N4O5S3/c1-2-11-25-18-10-9-17(32(22,27)28)14-19(18)31-21(25)23-20(26)15-5-7-16(8-6-15)33(29,30)24-12-3-4-13-24/h1,5-10,14H,3-4,11-13H2,(H2,22,27,28). The molecule has 0 atom stereocenters. The molecular formula is C21H20N4O5S3. The average Bonchev–Trinajstić information content (AvgIpc) is 3.42. The Labute approximate surface area is 195 Å². The molecule has 1 fully saturated rings. The van der Waals surface area contributed by atoms with Crippen LogP contribution in [0.1, 0.15) is 23.2 Å². The number of thiazole rings is 1. The second kappa shape index (κ2) is 8.85. The van der Waals surface area contributed by atoms with E-state index < -0.39 is 26.0 Å². The maximum atomic E-state index is 12.8. The summed E-state index contributed by atoms with van der Waals surface area (Å²) in [5.41, 5.74) is 0.828. The number of primary sulfonamides is 1. The molecule has 172 valence electrons. The van der Waals surface area contributed by atoms with E-state index >= 15 is 0 Å². The van der Waals surface area contributed by atoms with Gasteiger partial charge in [0.25, 0.3) is 5.91 Å². The monoisotopic (exact) mass is 504 g/mol. The van der Waals surface area contributed by atoms with E-state index in [1.165, 1.54) is 40.7 Å². The molecule has 0 bridgehead atoms. The van der Waals surface area contributed by atoms with Crippen LogP contribution >= 0.6 is 11.3 Å². The lowest BCUT2D eigenvalue weighted by Crippen LogP contribution is -2.27. The Bertz CT molecular complexity index is 1550. The fraction of sp³-hybridized carbons (Fsp3) is 0.238. The minimum atomic E-state index is -3.89. The average molecular weight is 505 g/mol. The first kappa shape index (κ1) is 23.3. The third kappa shape index (κ3) is 4.64. The molecule has 0 spiro atoms. The number of benzene rings is 2. The predicted molar refractivity (Wildman–Crippen MR) is 124 cm³/mol. The molecule has 0 unspecified atom stereocenters. The Morgan fingerprint density at radius 1 is 1.06 bits per heavy atom. The van der Waals surface area contributed by atoms with Gasteiger partial charge in [-0.15, -0.1) is 6.42 Å². The summed E-state index contributed by atoms with van der Waals surface area (Å²) in [6.45, 7) is 1.10. The number of rotatable bonds is 5. The molecule has 2 heterocycles. The topological polar surface area (TPSA) is 132 Å². The first-order chi connectivity index (χ1) is 15.6. The van der Waals surface area contributed by atoms with Crippen LogP contribution in [0.5, 0.6) is 0 Å². The van der Waals surface area contributed by atoms with E-state index in [0.29, 0.717) is 23.3 Å². The Kier molecular flexibility index (Phi) is 6.26. The second-order valence-electron chi connectivity index (χ2n) is 7.40. The van der Waals surface area contributed by atoms with Gasteiger partial charge in [-0.2, -0.15) is 9.30 Å². The molecule has 1 saturated heterocycles. The zero-order chi connectivity index (χ0) is 23.8. The number of hydrogen-bond donors (Lipinski definition) is 1. The van der Waals surface area contributed by atoms with E-state index in [-0.39, 0.29) is 26.7 Å². The van der Waals surface area contributed by atoms with Gasteiger partial charge in [0, 0.05) is 18.7 Å². The molecule has 2 aromatic carbocycles. The van der Waals surface area contributed by atoms with Crippen LogP contribution in [0.25, 0.3) is 10.2 Å². The Hall–Kier alpha value is -2.82. The van der Waals surface area contributed by atoms with E-state index in [4.69, 9.17) is 11.6 Å². The number of carbonyl (C=O) groups is 1. The number of fused-ring (bicyclic) bond motifs is 1. The number of amides is 1. The lowest BCUT2D eigenvalue weighted by Gasteiger charge is -2.15. The van der Waals surface area contributed by atoms with Crippen LogP contribution in [0.4, 0.5) is 0 Å². The van der Waals surface area contributed by atoms with Gasteiger partial charge >= 0.3 is 0 Å². The molecule has 2 N–H and O–H groups in total. The zero-order valence-corrected chi connectivity index (χ0v) is 19.8. The maximum Gasteiger partial charge on any atom is 0.279 e. The number of hydrogen-bond acceptors (Lipinski definition) is 6. The van der Waals surface area contributed by atoms with Crippen LogP contribution in [0, 0.1) is 12.3 Å². The number of aromatic nitrogens is 1. The maximum absolute atomic E-state index is 12.8. The van der Waals surface area contributed by atoms with E-state index in [0.717, 1.165) is 24.2 Å². The highest BCUT2D eigenvalue weighted by molar-refractivity contribution is 7.89. The molecule has 3 aromatic rings. The molecule has 1 aromatic heterocycles. The van der Waals surface area contributed by atoms with Crippen molar-refractivity contribution < 1.29 is 21.6 Å². The van der Waals surface area contributed by atoms with Crippen molar-refractivity contribution in [2.24, 2.45) is 10.1 Å². The Morgan fingerprint density at radius 2 is 1.70 bits per heavy atom. The van der Waals surface area contributed by atoms with Crippen molar-refractivity contribution >= 4 is 47.5 Å². The van der Waals surface area contributed by atoms with E-state index in [1.807, 2.05) is 0 Å². The second-order valence-corrected chi connectivity index (χ2v) is 11.9. The molecule has 0 radical (unpaired) electrons. The molecule has 1 amide bonds. The molecule has 4 rings (SSSR count). The third-order valence-electron chi connectivity index (χ3n) is 5.23. The largest absolute Gasteiger partial charge is 0.305 e. The van der Waals surface area contributed by atoms with Crippen molar-refractivity contribution in [3.63, 3.8) is 0 Å². The van der Waals surface area contributed by atoms with Gasteiger partial charge in [-0.1, -0.05) is 17.3 Å². The highest BCUT2D eigenvalue weighted by Crippen LogP contribution is 2.23. The summed E-state index contributed by atoms with van der Waals surface area (Å²) in [5.74, 6) is 1.92. The van der Waals surface area contributed by atoms with Gasteiger partial charge in [0.1, 0.15) is 0 Å². The Balaban J connectivity index is 1.71. The molecule has 9 nitrogen and oxygen atoms in total. The normalized spacial score (nSPS) is 15.7. The van der Waals surface area contributed by atoms with Gasteiger partial charge < -0.3 is 4.57 Å². The number of carbonyl (C=O) groups excluding carboxylic acids is 1. The zero-order valence-electron chi connectivity index (χ0n) is 17.3. The van der Waals surface area contributed by atoms with Crippen LogP contribution in [0.3, 0.4) is 0 Å². The molecule has 0 aliphatic carbocycles. The summed E-state index contributed by atoms with van der Waals surface area (Å²) >= 11 is 1.10. The minimum absolute atomic E-state index is 0.0585. The van der Waals surface area contributed by atoms with Gasteiger partial charge in [-0.05, 0) is 55.3 Å². The van der Waals surface area contributed by atoms with Gasteiger partial charge in [-0.25, -0.2) is 22.0 Å². The van der Waals surface area contributed by atoms with Crippen molar-refractivity contribution in [3.05, 3.63) is 52.8 Å². The fourth-order valence-electron chi connectivity index (χ4n) is 3.56. The van der Waals surface area contributed by atoms with E-state index in [1.54, 1.807) is 10.6 Å². The van der Waals surface area contributed by atoms with Crippen molar-refractivity contribution in [2.75, 3.05) is 13.1 Å². The van der Waals surface area contributed by atoms with Gasteiger partial charge in [0.15, 0.2) is 4.80 Å². The van der Waals surface area contributed by atoms with Crippen LogP contribution in [0.2, 0.25) is 0 Å². The Morgan fingerprint density at radius 3 is 2.30 bits per heavy atom. The van der Waals surface area contributed by atoms with E-state index in [9.17, 15) is 21.6 Å². The fourth-order valence-corrected chi connectivity index (χ4v) is 6.76. The molecule has 1 aliphatic rings. The summed E-state index contributed by atoms with van der Waals surface area (Å²) in [7, 11) is -7.47. The lowest BCUT2D eigenvalue weighted by molar-refractivity contribution is 0.0997. The van der Waals surface area contributed by atoms with Crippen molar-refractivity contribution in [2.45, 2.75) is 29.2 Å².